The molecule has 12 nitrogen and oxygen atoms in total. The number of nitrogens with one attached hydrogen (secondary N) is 6. The van der Waals surface area contributed by atoms with Crippen molar-refractivity contribution in [3.8, 4) is 0 Å². The second kappa shape index (κ2) is 21.1. The fourth-order valence-electron chi connectivity index (χ4n) is 5.20. The number of hydrogen-bond donors (Lipinski definition) is 6. The van der Waals surface area contributed by atoms with Crippen LogP contribution in [0.15, 0.2) is 79.9 Å². The number of thiophene rings is 2. The van der Waals surface area contributed by atoms with Crippen molar-refractivity contribution in [2.45, 2.75) is 63.7 Å². The zero-order valence-electron chi connectivity index (χ0n) is 29.8. The van der Waals surface area contributed by atoms with Crippen molar-refractivity contribution in [1.82, 2.24) is 41.0 Å². The van der Waals surface area contributed by atoms with Gasteiger partial charge >= 0.3 is 12.1 Å². The molecule has 0 aliphatic carbocycles. The first-order valence-electron chi connectivity index (χ1n) is 16.7. The molecule has 0 aromatic carbocycles. The van der Waals surface area contributed by atoms with Crippen LogP contribution in [0.2, 0.25) is 0 Å². The van der Waals surface area contributed by atoms with Crippen LogP contribution in [0.1, 0.15) is 36.1 Å². The maximum absolute atomic E-state index is 12.1. The van der Waals surface area contributed by atoms with Crippen LogP contribution in [0, 0.1) is 0 Å². The summed E-state index contributed by atoms with van der Waals surface area (Å²) in [5.74, 6) is 0. The molecule has 6 N–H and O–H groups in total. The van der Waals surface area contributed by atoms with Crippen LogP contribution >= 0.6 is 22.7 Å². The van der Waals surface area contributed by atoms with Crippen LogP contribution in [-0.4, -0.2) is 97.3 Å². The van der Waals surface area contributed by atoms with Crippen LogP contribution in [0.4, 0.5) is 9.59 Å². The van der Waals surface area contributed by atoms with Crippen molar-refractivity contribution < 1.29 is 9.59 Å². The van der Waals surface area contributed by atoms with Gasteiger partial charge in [-0.05, 0) is 130 Å². The Kier molecular flexibility index (Phi) is 16.9. The van der Waals surface area contributed by atoms with E-state index in [1.165, 1.54) is 17.2 Å². The van der Waals surface area contributed by atoms with Crippen molar-refractivity contribution in [3.05, 3.63) is 113 Å². The Morgan fingerprint density at radius 2 is 1.18 bits per heavy atom. The summed E-state index contributed by atoms with van der Waals surface area (Å²) in [7, 11) is 7.90. The molecule has 14 heteroatoms. The van der Waals surface area contributed by atoms with E-state index >= 15 is 0 Å². The molecule has 0 saturated carbocycles. The van der Waals surface area contributed by atoms with E-state index in [9.17, 15) is 19.2 Å². The van der Waals surface area contributed by atoms with Crippen molar-refractivity contribution >= 4 is 34.7 Å². The summed E-state index contributed by atoms with van der Waals surface area (Å²) in [4.78, 5) is 56.2. The highest BCUT2D eigenvalue weighted by Gasteiger charge is 2.17. The lowest BCUT2D eigenvalue weighted by Gasteiger charge is -2.25. The number of rotatable bonds is 16. The van der Waals surface area contributed by atoms with E-state index in [-0.39, 0.29) is 47.3 Å². The third-order valence-corrected chi connectivity index (χ3v) is 9.55. The molecule has 0 aliphatic rings. The maximum Gasteiger partial charge on any atom is 0.315 e. The highest BCUT2D eigenvalue weighted by atomic mass is 32.1. The SMILES string of the molecule is CC(Cc1ccsc1)NC(=O)NC[C@H](Cc1cc[nH]c(=O)c1)N(C)C.CC(Cc1ccsc1)NC(=O)NC[C@H](Cc1ccc(=O)[nH]c1)N(C)C. The van der Waals surface area contributed by atoms with Crippen LogP contribution in [0.5, 0.6) is 0 Å². The Balaban J connectivity index is 0.000000270. The first-order valence-corrected chi connectivity index (χ1v) is 18.6. The molecule has 0 fully saturated rings. The van der Waals surface area contributed by atoms with Gasteiger partial charge in [0.05, 0.1) is 0 Å². The molecule has 0 aliphatic heterocycles. The largest absolute Gasteiger partial charge is 0.337 e. The van der Waals surface area contributed by atoms with Gasteiger partial charge in [0.2, 0.25) is 11.1 Å². The Morgan fingerprint density at radius 1 is 0.660 bits per heavy atom. The number of H-pyrrole nitrogens is 2. The molecule has 4 amide bonds. The molecular weight excluding hydrogens is 673 g/mol. The van der Waals surface area contributed by atoms with Crippen LogP contribution in [0.25, 0.3) is 0 Å². The van der Waals surface area contributed by atoms with E-state index in [1.807, 2.05) is 64.9 Å². The standard InChI is InChI=1S/2C18H26N4O2S/c1-13(8-15-5-7-25-12-15)21-18(24)20-11-16(22(2)3)9-14-4-6-19-17(23)10-14;1-13(8-15-6-7-25-12-15)21-18(24)20-11-16(22(2)3)9-14-4-5-17(23)19-10-14/h2*4-7,10,12-13,16H,8-9,11H2,1-3H3,(H,19,23)(H2,20,21,24)/t2*13?,16-/m00/s1. The minimum atomic E-state index is -0.166. The van der Waals surface area contributed by atoms with Gasteiger partial charge in [0.15, 0.2) is 0 Å². The lowest BCUT2D eigenvalue weighted by molar-refractivity contribution is 0.228. The Labute approximate surface area is 302 Å². The summed E-state index contributed by atoms with van der Waals surface area (Å²) in [6.45, 7) is 5.04. The molecule has 4 rings (SSSR count). The molecule has 0 saturated heterocycles. The molecule has 4 aromatic heterocycles. The highest BCUT2D eigenvalue weighted by molar-refractivity contribution is 7.08. The number of urea groups is 2. The second-order valence-electron chi connectivity index (χ2n) is 12.9. The summed E-state index contributed by atoms with van der Waals surface area (Å²) < 4.78 is 0. The summed E-state index contributed by atoms with van der Waals surface area (Å²) >= 11 is 3.32. The van der Waals surface area contributed by atoms with Crippen molar-refractivity contribution in [1.29, 1.82) is 0 Å². The molecule has 4 aromatic rings. The van der Waals surface area contributed by atoms with Gasteiger partial charge in [-0.15, -0.1) is 0 Å². The topological polar surface area (TPSA) is 154 Å². The van der Waals surface area contributed by atoms with Gasteiger partial charge in [-0.2, -0.15) is 22.7 Å². The molecule has 4 atom stereocenters. The third-order valence-electron chi connectivity index (χ3n) is 8.09. The number of likely N-dealkylation sites (N-methyl/N-ethyl adjacent to an activating group) is 2. The number of carbonyl (C=O) groups excluding carboxylic acids is 2. The zero-order chi connectivity index (χ0) is 36.5. The summed E-state index contributed by atoms with van der Waals surface area (Å²) in [6.07, 6.45) is 6.46. The Morgan fingerprint density at radius 3 is 1.60 bits per heavy atom. The van der Waals surface area contributed by atoms with Crippen molar-refractivity contribution in [3.63, 3.8) is 0 Å². The van der Waals surface area contributed by atoms with Crippen LogP contribution in [0.3, 0.4) is 0 Å². The normalized spacial score (nSPS) is 13.4. The molecule has 272 valence electrons. The number of hydrogen-bond acceptors (Lipinski definition) is 8. The fraction of sp³-hybridized carbons (Fsp3) is 0.444. The van der Waals surface area contributed by atoms with Crippen LogP contribution < -0.4 is 32.4 Å². The molecular formula is C36H52N8O4S2. The van der Waals surface area contributed by atoms with Gasteiger partial charge in [0.1, 0.15) is 0 Å². The highest BCUT2D eigenvalue weighted by Crippen LogP contribution is 2.10. The predicted octanol–water partition coefficient (Wildman–Crippen LogP) is 3.68. The number of nitrogens with zero attached hydrogens (tertiary/aromatic N) is 2. The average molecular weight is 725 g/mol. The van der Waals surface area contributed by atoms with Crippen LogP contribution in [-0.2, 0) is 25.7 Å². The molecule has 50 heavy (non-hydrogen) atoms. The minimum absolute atomic E-state index is 0.0695. The molecule has 4 heterocycles. The van der Waals surface area contributed by atoms with E-state index in [0.717, 1.165) is 30.4 Å². The quantitative estimate of drug-likeness (QED) is 0.104. The van der Waals surface area contributed by atoms with E-state index in [4.69, 9.17) is 0 Å². The number of carbonyl (C=O) groups is 2. The number of pyridine rings is 2. The Bertz CT molecular complexity index is 1650. The van der Waals surface area contributed by atoms with E-state index in [1.54, 1.807) is 41.1 Å². The first-order chi connectivity index (χ1) is 23.9. The number of aromatic amines is 2. The zero-order valence-corrected chi connectivity index (χ0v) is 31.5. The minimum Gasteiger partial charge on any atom is -0.337 e. The van der Waals surface area contributed by atoms with E-state index in [2.05, 4.69) is 63.9 Å². The first kappa shape index (κ1) is 40.2. The summed E-state index contributed by atoms with van der Waals surface area (Å²) in [5.41, 5.74) is 4.24. The molecule has 0 spiro atoms. The predicted molar refractivity (Wildman–Crippen MR) is 205 cm³/mol. The Hall–Kier alpha value is -4.24. The van der Waals surface area contributed by atoms with E-state index < -0.39 is 0 Å². The fourth-order valence-corrected chi connectivity index (χ4v) is 6.56. The lowest BCUT2D eigenvalue weighted by Crippen LogP contribution is -2.47. The molecule has 2 unspecified atom stereocenters. The van der Waals surface area contributed by atoms with Gasteiger partial charge < -0.3 is 41.0 Å². The monoisotopic (exact) mass is 724 g/mol. The third kappa shape index (κ3) is 15.5. The molecule has 0 radical (unpaired) electrons. The molecule has 0 bridgehead atoms. The van der Waals surface area contributed by atoms with Gasteiger partial charge in [0, 0.05) is 61.8 Å². The van der Waals surface area contributed by atoms with E-state index in [0.29, 0.717) is 19.5 Å². The summed E-state index contributed by atoms with van der Waals surface area (Å²) in [6, 6.07) is 11.1. The van der Waals surface area contributed by atoms with Gasteiger partial charge in [-0.3, -0.25) is 9.59 Å². The lowest BCUT2D eigenvalue weighted by atomic mass is 10.1. The smallest absolute Gasteiger partial charge is 0.315 e. The van der Waals surface area contributed by atoms with Gasteiger partial charge in [-0.1, -0.05) is 6.07 Å². The van der Waals surface area contributed by atoms with Gasteiger partial charge in [-0.25, -0.2) is 9.59 Å². The second-order valence-corrected chi connectivity index (χ2v) is 14.5. The van der Waals surface area contributed by atoms with Crippen molar-refractivity contribution in [2.75, 3.05) is 41.3 Å². The summed E-state index contributed by atoms with van der Waals surface area (Å²) in [5, 5.41) is 20.1. The maximum atomic E-state index is 12.1. The average Bonchev–Trinajstić information content (AvgIpc) is 3.77. The van der Waals surface area contributed by atoms with Gasteiger partial charge in [0.25, 0.3) is 0 Å². The van der Waals surface area contributed by atoms with Crippen molar-refractivity contribution in [2.24, 2.45) is 0 Å². The number of aromatic nitrogens is 2. The number of amides is 4.